The van der Waals surface area contributed by atoms with Gasteiger partial charge in [-0.05, 0) is 18.3 Å². The maximum absolute atomic E-state index is 12.6. The van der Waals surface area contributed by atoms with Crippen molar-refractivity contribution in [2.45, 2.75) is 46.3 Å². The van der Waals surface area contributed by atoms with Gasteiger partial charge >= 0.3 is 6.18 Å². The summed E-state index contributed by atoms with van der Waals surface area (Å²) in [6.45, 7) is 6.31. The summed E-state index contributed by atoms with van der Waals surface area (Å²) in [5.41, 5.74) is 0. The Labute approximate surface area is 101 Å². The van der Waals surface area contributed by atoms with Gasteiger partial charge in [0.25, 0.3) is 0 Å². The van der Waals surface area contributed by atoms with Crippen LogP contribution >= 0.6 is 0 Å². The first-order chi connectivity index (χ1) is 7.46. The molecule has 0 fully saturated rings. The van der Waals surface area contributed by atoms with E-state index in [9.17, 15) is 21.6 Å². The van der Waals surface area contributed by atoms with Gasteiger partial charge in [0.15, 0.2) is 0 Å². The van der Waals surface area contributed by atoms with E-state index in [2.05, 4.69) is 0 Å². The second-order valence-electron chi connectivity index (χ2n) is 4.88. The van der Waals surface area contributed by atoms with Gasteiger partial charge in [0.2, 0.25) is 10.0 Å². The minimum Gasteiger partial charge on any atom is -0.212 e. The summed E-state index contributed by atoms with van der Waals surface area (Å²) in [5, 5.41) is 0. The molecule has 0 aromatic carbocycles. The summed E-state index contributed by atoms with van der Waals surface area (Å²) in [4.78, 5) is 0. The van der Waals surface area contributed by atoms with Crippen LogP contribution in [-0.4, -0.2) is 26.4 Å². The fourth-order valence-corrected chi connectivity index (χ4v) is 2.92. The topological polar surface area (TPSA) is 46.2 Å². The molecule has 0 aliphatic carbocycles. The van der Waals surface area contributed by atoms with Gasteiger partial charge in [-0.2, -0.15) is 13.2 Å². The molecule has 0 aromatic heterocycles. The molecule has 1 N–H and O–H groups in total. The molecule has 17 heavy (non-hydrogen) atoms. The van der Waals surface area contributed by atoms with Crippen LogP contribution in [-0.2, 0) is 10.0 Å². The highest BCUT2D eigenvalue weighted by atomic mass is 32.2. The third-order valence-corrected chi connectivity index (χ3v) is 3.68. The summed E-state index contributed by atoms with van der Waals surface area (Å²) in [5.74, 6) is -0.969. The minimum atomic E-state index is -4.56. The average Bonchev–Trinajstić information content (AvgIpc) is 2.09. The van der Waals surface area contributed by atoms with E-state index in [0.717, 1.165) is 0 Å². The highest BCUT2D eigenvalue weighted by Crippen LogP contribution is 2.26. The summed E-state index contributed by atoms with van der Waals surface area (Å²) in [6, 6.07) is -2.01. The zero-order chi connectivity index (χ0) is 13.9. The molecule has 0 spiro atoms. The van der Waals surface area contributed by atoms with Crippen molar-refractivity contribution in [3.8, 4) is 0 Å². The number of hydrogen-bond donors (Lipinski definition) is 1. The maximum Gasteiger partial charge on any atom is 0.405 e. The molecule has 0 rings (SSSR count). The normalized spacial score (nSPS) is 15.6. The van der Waals surface area contributed by atoms with Crippen LogP contribution in [0.3, 0.4) is 0 Å². The average molecular weight is 275 g/mol. The molecule has 0 radical (unpaired) electrons. The van der Waals surface area contributed by atoms with Crippen molar-refractivity contribution in [1.29, 1.82) is 0 Å². The number of sulfonamides is 1. The predicted molar refractivity (Wildman–Crippen MR) is 61.1 cm³/mol. The Morgan fingerprint density at radius 2 is 1.59 bits per heavy atom. The Bertz CT molecular complexity index is 323. The molecule has 0 bridgehead atoms. The highest BCUT2D eigenvalue weighted by Gasteiger charge is 2.43. The molecule has 3 nitrogen and oxygen atoms in total. The molecule has 0 aliphatic heterocycles. The van der Waals surface area contributed by atoms with Crippen LogP contribution in [0.1, 0.15) is 34.1 Å². The van der Waals surface area contributed by atoms with Crippen molar-refractivity contribution >= 4 is 10.0 Å². The van der Waals surface area contributed by atoms with E-state index >= 15 is 0 Å². The Morgan fingerprint density at radius 3 is 1.88 bits per heavy atom. The van der Waals surface area contributed by atoms with Gasteiger partial charge in [-0.25, -0.2) is 13.1 Å². The lowest BCUT2D eigenvalue weighted by molar-refractivity contribution is -0.160. The molecule has 0 aromatic rings. The number of halogens is 3. The predicted octanol–water partition coefficient (Wildman–Crippen LogP) is 2.54. The SMILES string of the molecule is CC(C)CCS(=O)(=O)NC(C(C)C)C(F)(F)F. The molecule has 1 unspecified atom stereocenters. The molecule has 0 saturated heterocycles. The lowest BCUT2D eigenvalue weighted by atomic mass is 10.1. The molecular formula is C10H20F3NO2S. The first-order valence-electron chi connectivity index (χ1n) is 5.52. The molecular weight excluding hydrogens is 255 g/mol. The van der Waals surface area contributed by atoms with E-state index in [-0.39, 0.29) is 11.7 Å². The van der Waals surface area contributed by atoms with Crippen molar-refractivity contribution < 1.29 is 21.6 Å². The lowest BCUT2D eigenvalue weighted by Gasteiger charge is -2.24. The molecule has 104 valence electrons. The van der Waals surface area contributed by atoms with Gasteiger partial charge in [-0.1, -0.05) is 27.7 Å². The van der Waals surface area contributed by atoms with Gasteiger partial charge in [-0.15, -0.1) is 0 Å². The number of nitrogens with one attached hydrogen (secondary N) is 1. The van der Waals surface area contributed by atoms with Crippen LogP contribution in [0.4, 0.5) is 13.2 Å². The van der Waals surface area contributed by atoms with Crippen molar-refractivity contribution in [3.63, 3.8) is 0 Å². The third kappa shape index (κ3) is 6.88. The van der Waals surface area contributed by atoms with Gasteiger partial charge in [0.05, 0.1) is 5.75 Å². The highest BCUT2D eigenvalue weighted by molar-refractivity contribution is 7.89. The van der Waals surface area contributed by atoms with Gasteiger partial charge < -0.3 is 0 Å². The quantitative estimate of drug-likeness (QED) is 0.809. The first kappa shape index (κ1) is 16.7. The van der Waals surface area contributed by atoms with Crippen LogP contribution in [0, 0.1) is 11.8 Å². The maximum atomic E-state index is 12.6. The number of hydrogen-bond acceptors (Lipinski definition) is 2. The van der Waals surface area contributed by atoms with Crippen molar-refractivity contribution in [2.24, 2.45) is 11.8 Å². The largest absolute Gasteiger partial charge is 0.405 e. The zero-order valence-corrected chi connectivity index (χ0v) is 11.3. The summed E-state index contributed by atoms with van der Waals surface area (Å²) < 4.78 is 62.4. The molecule has 7 heteroatoms. The summed E-state index contributed by atoms with van der Waals surface area (Å²) >= 11 is 0. The van der Waals surface area contributed by atoms with Crippen LogP contribution in [0.2, 0.25) is 0 Å². The monoisotopic (exact) mass is 275 g/mol. The third-order valence-electron chi connectivity index (χ3n) is 2.29. The second kappa shape index (κ2) is 6.04. The fourth-order valence-electron chi connectivity index (χ4n) is 1.22. The molecule has 0 heterocycles. The Kier molecular flexibility index (Phi) is 5.93. The van der Waals surface area contributed by atoms with Crippen LogP contribution < -0.4 is 4.72 Å². The van der Waals surface area contributed by atoms with Crippen molar-refractivity contribution in [3.05, 3.63) is 0 Å². The van der Waals surface area contributed by atoms with Gasteiger partial charge in [-0.3, -0.25) is 0 Å². The Hall–Kier alpha value is -0.300. The van der Waals surface area contributed by atoms with E-state index in [1.807, 2.05) is 13.8 Å². The van der Waals surface area contributed by atoms with E-state index in [4.69, 9.17) is 0 Å². The second-order valence-corrected chi connectivity index (χ2v) is 6.76. The summed E-state index contributed by atoms with van der Waals surface area (Å²) in [6.07, 6.45) is -4.21. The zero-order valence-electron chi connectivity index (χ0n) is 10.5. The Balaban J connectivity index is 4.66. The van der Waals surface area contributed by atoms with Crippen molar-refractivity contribution in [2.75, 3.05) is 5.75 Å². The number of alkyl halides is 3. The lowest BCUT2D eigenvalue weighted by Crippen LogP contribution is -2.49. The van der Waals surface area contributed by atoms with E-state index in [1.165, 1.54) is 13.8 Å². The smallest absolute Gasteiger partial charge is 0.212 e. The van der Waals surface area contributed by atoms with Crippen molar-refractivity contribution in [1.82, 2.24) is 4.72 Å². The van der Waals surface area contributed by atoms with E-state index in [1.54, 1.807) is 4.72 Å². The van der Waals surface area contributed by atoms with Gasteiger partial charge in [0.1, 0.15) is 6.04 Å². The molecule has 0 saturated carbocycles. The Morgan fingerprint density at radius 1 is 1.12 bits per heavy atom. The standard InChI is InChI=1S/C10H20F3NO2S/c1-7(2)5-6-17(15,16)14-9(8(3)4)10(11,12)13/h7-9,14H,5-6H2,1-4H3. The van der Waals surface area contributed by atoms with Crippen LogP contribution in [0.25, 0.3) is 0 Å². The molecule has 1 atom stereocenters. The van der Waals surface area contributed by atoms with Crippen LogP contribution in [0.15, 0.2) is 0 Å². The molecule has 0 amide bonds. The first-order valence-corrected chi connectivity index (χ1v) is 7.17. The molecule has 0 aliphatic rings. The summed E-state index contributed by atoms with van der Waals surface area (Å²) in [7, 11) is -3.87. The fraction of sp³-hybridized carbons (Fsp3) is 1.00. The number of rotatable bonds is 6. The van der Waals surface area contributed by atoms with Crippen LogP contribution in [0.5, 0.6) is 0 Å². The minimum absolute atomic E-state index is 0.134. The van der Waals surface area contributed by atoms with E-state index in [0.29, 0.717) is 6.42 Å². The van der Waals surface area contributed by atoms with E-state index < -0.39 is 28.2 Å². The van der Waals surface area contributed by atoms with Gasteiger partial charge in [0, 0.05) is 0 Å².